The van der Waals surface area contributed by atoms with Crippen molar-refractivity contribution in [2.24, 2.45) is 0 Å². The van der Waals surface area contributed by atoms with E-state index in [0.29, 0.717) is 35.1 Å². The molecule has 0 saturated heterocycles. The lowest BCUT2D eigenvalue weighted by atomic mass is 10.0. The first kappa shape index (κ1) is 17.6. The first-order valence-electron chi connectivity index (χ1n) is 9.28. The molecule has 1 atom stereocenters. The number of carbonyl (C=O) groups is 1. The second-order valence-electron chi connectivity index (χ2n) is 7.34. The van der Waals surface area contributed by atoms with Crippen LogP contribution in [0.15, 0.2) is 22.6 Å². The van der Waals surface area contributed by atoms with Gasteiger partial charge in [0.25, 0.3) is 5.91 Å². The average Bonchev–Trinajstić information content (AvgIpc) is 3.20. The average molecular weight is 368 g/mol. The summed E-state index contributed by atoms with van der Waals surface area (Å²) >= 11 is 0. The molecule has 4 rings (SSSR count). The number of hydrogen-bond acceptors (Lipinski definition) is 5. The van der Waals surface area contributed by atoms with Crippen molar-refractivity contribution in [1.82, 2.24) is 20.1 Å². The molecule has 0 bridgehead atoms. The summed E-state index contributed by atoms with van der Waals surface area (Å²) in [6.45, 7) is 6.72. The molecule has 1 N–H and O–H groups in total. The molecule has 27 heavy (non-hydrogen) atoms. The van der Waals surface area contributed by atoms with Gasteiger partial charge in [-0.1, -0.05) is 13.8 Å². The highest BCUT2D eigenvalue weighted by Gasteiger charge is 2.27. The molecule has 142 valence electrons. The normalized spacial score (nSPS) is 16.6. The van der Waals surface area contributed by atoms with E-state index in [9.17, 15) is 4.79 Å². The third kappa shape index (κ3) is 3.07. The molecule has 3 aromatic rings. The number of hydrogen-bond donors (Lipinski definition) is 1. The van der Waals surface area contributed by atoms with Crippen molar-refractivity contribution in [2.75, 3.05) is 7.11 Å². The number of fused-ring (bicyclic) bond motifs is 2. The molecule has 2 aromatic heterocycles. The molecule has 0 saturated carbocycles. The summed E-state index contributed by atoms with van der Waals surface area (Å²) in [6.07, 6.45) is 1.66. The number of rotatable bonds is 4. The molecule has 1 aliphatic heterocycles. The van der Waals surface area contributed by atoms with Crippen LogP contribution in [0.4, 0.5) is 0 Å². The molecular formula is C20H24N4O3. The Morgan fingerprint density at radius 2 is 2.19 bits per heavy atom. The lowest BCUT2D eigenvalue weighted by molar-refractivity contribution is 0.0927. The molecule has 0 radical (unpaired) electrons. The summed E-state index contributed by atoms with van der Waals surface area (Å²) in [6, 6.07) is 5.54. The monoisotopic (exact) mass is 368 g/mol. The summed E-state index contributed by atoms with van der Waals surface area (Å²) in [4.78, 5) is 13.0. The van der Waals surface area contributed by atoms with Crippen LogP contribution in [0.2, 0.25) is 0 Å². The Morgan fingerprint density at radius 1 is 1.37 bits per heavy atom. The van der Waals surface area contributed by atoms with Gasteiger partial charge in [0.2, 0.25) is 0 Å². The number of aryl methyl sites for hydroxylation is 2. The topological polar surface area (TPSA) is 82.2 Å². The molecule has 1 amide bonds. The van der Waals surface area contributed by atoms with E-state index in [0.717, 1.165) is 29.9 Å². The van der Waals surface area contributed by atoms with E-state index < -0.39 is 0 Å². The molecule has 7 heteroatoms. The van der Waals surface area contributed by atoms with E-state index in [-0.39, 0.29) is 11.9 Å². The highest BCUT2D eigenvalue weighted by Crippen LogP contribution is 2.29. The van der Waals surface area contributed by atoms with Crippen molar-refractivity contribution in [3.05, 3.63) is 41.2 Å². The van der Waals surface area contributed by atoms with Crippen LogP contribution in [0.3, 0.4) is 0 Å². The zero-order valence-corrected chi connectivity index (χ0v) is 16.1. The summed E-state index contributed by atoms with van der Waals surface area (Å²) in [7, 11) is 1.61. The number of ether oxygens (including phenoxy) is 1. The number of nitrogens with zero attached hydrogens (tertiary/aromatic N) is 3. The molecular weight excluding hydrogens is 344 g/mol. The fraction of sp³-hybridized carbons (Fsp3) is 0.450. The van der Waals surface area contributed by atoms with E-state index in [4.69, 9.17) is 9.15 Å². The van der Waals surface area contributed by atoms with Crippen molar-refractivity contribution in [3.63, 3.8) is 0 Å². The number of methoxy groups -OCH3 is 1. The first-order chi connectivity index (χ1) is 13.0. The molecule has 3 heterocycles. The van der Waals surface area contributed by atoms with Crippen LogP contribution in [0, 0.1) is 6.92 Å². The van der Waals surface area contributed by atoms with Gasteiger partial charge in [0.05, 0.1) is 12.7 Å². The quantitative estimate of drug-likeness (QED) is 0.765. The van der Waals surface area contributed by atoms with Crippen LogP contribution in [-0.2, 0) is 13.0 Å². The lowest BCUT2D eigenvalue weighted by Gasteiger charge is -2.26. The Morgan fingerprint density at radius 3 is 2.93 bits per heavy atom. The van der Waals surface area contributed by atoms with Crippen molar-refractivity contribution in [1.29, 1.82) is 0 Å². The zero-order valence-electron chi connectivity index (χ0n) is 16.1. The van der Waals surface area contributed by atoms with Gasteiger partial charge in [0, 0.05) is 30.3 Å². The highest BCUT2D eigenvalue weighted by molar-refractivity contribution is 6.07. The van der Waals surface area contributed by atoms with E-state index in [2.05, 4.69) is 33.9 Å². The number of aromatic nitrogens is 3. The number of nitrogens with one attached hydrogen (secondary N) is 1. The predicted octanol–water partition coefficient (Wildman–Crippen LogP) is 3.21. The Hall–Kier alpha value is -2.83. The van der Waals surface area contributed by atoms with Crippen molar-refractivity contribution in [2.45, 2.75) is 52.1 Å². The minimum Gasteiger partial charge on any atom is -0.497 e. The Bertz CT molecular complexity index is 1000. The molecule has 0 fully saturated rings. The molecule has 0 spiro atoms. The minimum absolute atomic E-state index is 0.0356. The maximum atomic E-state index is 13.0. The Balaban J connectivity index is 1.59. The Labute approximate surface area is 157 Å². The van der Waals surface area contributed by atoms with E-state index in [1.807, 2.05) is 25.1 Å². The number of carbonyl (C=O) groups excluding carboxylic acids is 1. The second kappa shape index (κ2) is 6.72. The van der Waals surface area contributed by atoms with Gasteiger partial charge in [0.15, 0.2) is 0 Å². The van der Waals surface area contributed by atoms with Crippen molar-refractivity contribution < 1.29 is 13.9 Å². The predicted molar refractivity (Wildman–Crippen MR) is 101 cm³/mol. The third-order valence-electron chi connectivity index (χ3n) is 5.13. The second-order valence-corrected chi connectivity index (χ2v) is 7.34. The van der Waals surface area contributed by atoms with E-state index >= 15 is 0 Å². The van der Waals surface area contributed by atoms with Crippen molar-refractivity contribution in [3.8, 4) is 5.75 Å². The van der Waals surface area contributed by atoms with Crippen LogP contribution >= 0.6 is 0 Å². The largest absolute Gasteiger partial charge is 0.497 e. The zero-order chi connectivity index (χ0) is 19.1. The van der Waals surface area contributed by atoms with Crippen LogP contribution in [-0.4, -0.2) is 33.8 Å². The van der Waals surface area contributed by atoms with Gasteiger partial charge in [0.1, 0.15) is 28.7 Å². The van der Waals surface area contributed by atoms with Gasteiger partial charge >= 0.3 is 0 Å². The van der Waals surface area contributed by atoms with Gasteiger partial charge in [-0.05, 0) is 31.5 Å². The van der Waals surface area contributed by atoms with Gasteiger partial charge < -0.3 is 19.0 Å². The van der Waals surface area contributed by atoms with Crippen LogP contribution < -0.4 is 10.1 Å². The fourth-order valence-corrected chi connectivity index (χ4v) is 3.76. The lowest BCUT2D eigenvalue weighted by Crippen LogP contribution is -2.41. The van der Waals surface area contributed by atoms with Gasteiger partial charge in [-0.2, -0.15) is 0 Å². The van der Waals surface area contributed by atoms with Gasteiger partial charge in [-0.25, -0.2) is 0 Å². The maximum Gasteiger partial charge on any atom is 0.255 e. The summed E-state index contributed by atoms with van der Waals surface area (Å²) in [5.74, 6) is 3.46. The molecule has 0 aliphatic carbocycles. The minimum atomic E-state index is -0.118. The summed E-state index contributed by atoms with van der Waals surface area (Å²) < 4.78 is 13.2. The van der Waals surface area contributed by atoms with Crippen molar-refractivity contribution >= 4 is 16.9 Å². The van der Waals surface area contributed by atoms with E-state index in [1.165, 1.54) is 0 Å². The molecule has 7 nitrogen and oxygen atoms in total. The molecule has 1 aliphatic rings. The summed E-state index contributed by atoms with van der Waals surface area (Å²) in [5, 5.41) is 12.5. The first-order valence-corrected chi connectivity index (χ1v) is 9.28. The number of benzene rings is 1. The SMILES string of the molecule is COc1ccc2oc(C)c(C(=O)N[C@@H]3CCc4nnc(C(C)C)n4C3)c2c1. The third-order valence-corrected chi connectivity index (χ3v) is 5.13. The fourth-order valence-electron chi connectivity index (χ4n) is 3.76. The van der Waals surface area contributed by atoms with Gasteiger partial charge in [-0.15, -0.1) is 10.2 Å². The van der Waals surface area contributed by atoms with Crippen LogP contribution in [0.5, 0.6) is 5.75 Å². The van der Waals surface area contributed by atoms with Crippen LogP contribution in [0.25, 0.3) is 11.0 Å². The Kier molecular flexibility index (Phi) is 4.37. The van der Waals surface area contributed by atoms with Gasteiger partial charge in [-0.3, -0.25) is 4.79 Å². The van der Waals surface area contributed by atoms with Crippen LogP contribution in [0.1, 0.15) is 54.0 Å². The highest BCUT2D eigenvalue weighted by atomic mass is 16.5. The smallest absolute Gasteiger partial charge is 0.255 e. The molecule has 0 unspecified atom stereocenters. The van der Waals surface area contributed by atoms with E-state index in [1.54, 1.807) is 7.11 Å². The number of amides is 1. The summed E-state index contributed by atoms with van der Waals surface area (Å²) in [5.41, 5.74) is 1.26. The number of furan rings is 1. The maximum absolute atomic E-state index is 13.0. The molecule has 1 aromatic carbocycles. The standard InChI is InChI=1S/C20H24N4O3/c1-11(2)19-23-22-17-8-5-13(10-24(17)19)21-20(25)18-12(3)27-16-7-6-14(26-4)9-15(16)18/h6-7,9,11,13H,5,8,10H2,1-4H3,(H,21,25)/t13-/m1/s1.